The maximum absolute atomic E-state index is 5.14. The first-order chi connectivity index (χ1) is 5.84. The molecule has 1 aromatic carbocycles. The van der Waals surface area contributed by atoms with Crippen LogP contribution < -0.4 is 0 Å². The normalized spacial score (nSPS) is 11.3. The zero-order chi connectivity index (χ0) is 9.40. The summed E-state index contributed by atoms with van der Waals surface area (Å²) >= 11 is 0. The van der Waals surface area contributed by atoms with Gasteiger partial charge in [0.25, 0.3) is 0 Å². The molecule has 0 aliphatic carbocycles. The minimum atomic E-state index is 0.209. The lowest BCUT2D eigenvalue weighted by Crippen LogP contribution is -1.93. The quantitative estimate of drug-likeness (QED) is 0.654. The molecule has 0 saturated carbocycles. The van der Waals surface area contributed by atoms with Crippen molar-refractivity contribution in [2.24, 2.45) is 0 Å². The van der Waals surface area contributed by atoms with Gasteiger partial charge in [0, 0.05) is 7.11 Å². The molecule has 0 spiro atoms. The van der Waals surface area contributed by atoms with Crippen molar-refractivity contribution in [1.82, 2.24) is 0 Å². The molecule has 1 aromatic rings. The van der Waals surface area contributed by atoms with E-state index >= 15 is 0 Å². The standard InChI is InChI=1S/C9H12O.C2H6/c1-8(10-2)9-6-4-3-5-7-9;1-2/h3-8H,1-2H3;1-2H3/t8-;/m0./s1. The number of rotatable bonds is 2. The largest absolute Gasteiger partial charge is 0.377 e. The van der Waals surface area contributed by atoms with Gasteiger partial charge in [0.2, 0.25) is 0 Å². The molecule has 68 valence electrons. The molecule has 0 unspecified atom stereocenters. The maximum Gasteiger partial charge on any atom is 0.0793 e. The van der Waals surface area contributed by atoms with E-state index < -0.39 is 0 Å². The monoisotopic (exact) mass is 166 g/mol. The van der Waals surface area contributed by atoms with Crippen LogP contribution in [0.15, 0.2) is 30.3 Å². The van der Waals surface area contributed by atoms with E-state index in [2.05, 4.69) is 12.1 Å². The Morgan fingerprint density at radius 2 is 1.58 bits per heavy atom. The average Bonchev–Trinajstić information content (AvgIpc) is 2.21. The van der Waals surface area contributed by atoms with Crippen LogP contribution in [-0.4, -0.2) is 7.11 Å². The zero-order valence-electron chi connectivity index (χ0n) is 8.37. The van der Waals surface area contributed by atoms with Crippen LogP contribution in [0.1, 0.15) is 32.4 Å². The first kappa shape index (κ1) is 11.2. The molecule has 0 aliphatic rings. The van der Waals surface area contributed by atoms with Crippen LogP contribution in [0, 0.1) is 0 Å². The van der Waals surface area contributed by atoms with E-state index in [4.69, 9.17) is 4.74 Å². The number of methoxy groups -OCH3 is 1. The Morgan fingerprint density at radius 1 is 1.08 bits per heavy atom. The van der Waals surface area contributed by atoms with Gasteiger partial charge in [0.05, 0.1) is 6.10 Å². The maximum atomic E-state index is 5.14. The molecule has 0 N–H and O–H groups in total. The van der Waals surface area contributed by atoms with Crippen LogP contribution in [0.2, 0.25) is 0 Å². The van der Waals surface area contributed by atoms with E-state index in [9.17, 15) is 0 Å². The highest BCUT2D eigenvalue weighted by atomic mass is 16.5. The third kappa shape index (κ3) is 3.54. The average molecular weight is 166 g/mol. The SMILES string of the molecule is CC.CO[C@@H](C)c1ccccc1. The fourth-order valence-electron chi connectivity index (χ4n) is 0.860. The molecule has 0 amide bonds. The Hall–Kier alpha value is -0.820. The molecule has 0 fully saturated rings. The zero-order valence-corrected chi connectivity index (χ0v) is 8.37. The molecule has 0 aromatic heterocycles. The lowest BCUT2D eigenvalue weighted by Gasteiger charge is -2.07. The number of benzene rings is 1. The predicted octanol–water partition coefficient (Wildman–Crippen LogP) is 3.42. The topological polar surface area (TPSA) is 9.23 Å². The van der Waals surface area contributed by atoms with Crippen LogP contribution >= 0.6 is 0 Å². The second-order valence-electron chi connectivity index (χ2n) is 2.29. The van der Waals surface area contributed by atoms with Crippen LogP contribution in [0.4, 0.5) is 0 Å². The summed E-state index contributed by atoms with van der Waals surface area (Å²) in [5, 5.41) is 0. The van der Waals surface area contributed by atoms with Gasteiger partial charge in [-0.15, -0.1) is 0 Å². The summed E-state index contributed by atoms with van der Waals surface area (Å²) < 4.78 is 5.14. The smallest absolute Gasteiger partial charge is 0.0793 e. The Bertz CT molecular complexity index is 181. The van der Waals surface area contributed by atoms with Crippen LogP contribution in [0.5, 0.6) is 0 Å². The fraction of sp³-hybridized carbons (Fsp3) is 0.455. The Morgan fingerprint density at radius 3 is 2.00 bits per heavy atom. The van der Waals surface area contributed by atoms with Gasteiger partial charge in [-0.2, -0.15) is 0 Å². The Labute approximate surface area is 75.4 Å². The number of hydrogen-bond donors (Lipinski definition) is 0. The minimum Gasteiger partial charge on any atom is -0.377 e. The molecule has 1 atom stereocenters. The Kier molecular flexibility index (Phi) is 6.39. The van der Waals surface area contributed by atoms with Gasteiger partial charge in [-0.3, -0.25) is 0 Å². The molecule has 1 rings (SSSR count). The van der Waals surface area contributed by atoms with Crippen LogP contribution in [0.3, 0.4) is 0 Å². The van der Waals surface area contributed by atoms with Gasteiger partial charge in [0.15, 0.2) is 0 Å². The van der Waals surface area contributed by atoms with E-state index in [1.807, 2.05) is 39.0 Å². The molecule has 1 nitrogen and oxygen atoms in total. The van der Waals surface area contributed by atoms with Crippen molar-refractivity contribution in [3.05, 3.63) is 35.9 Å². The summed E-state index contributed by atoms with van der Waals surface area (Å²) in [5.74, 6) is 0. The summed E-state index contributed by atoms with van der Waals surface area (Å²) in [4.78, 5) is 0. The minimum absolute atomic E-state index is 0.209. The summed E-state index contributed by atoms with van der Waals surface area (Å²) in [6.07, 6.45) is 0.209. The molecule has 1 heteroatoms. The summed E-state index contributed by atoms with van der Waals surface area (Å²) in [5.41, 5.74) is 1.23. The van der Waals surface area contributed by atoms with Crippen molar-refractivity contribution in [2.75, 3.05) is 7.11 Å². The van der Waals surface area contributed by atoms with Gasteiger partial charge in [-0.25, -0.2) is 0 Å². The van der Waals surface area contributed by atoms with Crippen molar-refractivity contribution in [2.45, 2.75) is 26.9 Å². The van der Waals surface area contributed by atoms with Gasteiger partial charge in [-0.05, 0) is 12.5 Å². The van der Waals surface area contributed by atoms with Gasteiger partial charge >= 0.3 is 0 Å². The number of hydrogen-bond acceptors (Lipinski definition) is 1. The first-order valence-corrected chi connectivity index (χ1v) is 4.42. The highest BCUT2D eigenvalue weighted by Gasteiger charge is 1.99. The highest BCUT2D eigenvalue weighted by molar-refractivity contribution is 5.16. The molecule has 0 aliphatic heterocycles. The first-order valence-electron chi connectivity index (χ1n) is 4.42. The Balaban J connectivity index is 0.000000561. The van der Waals surface area contributed by atoms with Gasteiger partial charge in [0.1, 0.15) is 0 Å². The van der Waals surface area contributed by atoms with E-state index in [0.29, 0.717) is 0 Å². The van der Waals surface area contributed by atoms with Crippen LogP contribution in [0.25, 0.3) is 0 Å². The summed E-state index contributed by atoms with van der Waals surface area (Å²) in [6.45, 7) is 6.04. The summed E-state index contributed by atoms with van der Waals surface area (Å²) in [6, 6.07) is 10.2. The van der Waals surface area contributed by atoms with Crippen molar-refractivity contribution in [3.63, 3.8) is 0 Å². The van der Waals surface area contributed by atoms with Crippen molar-refractivity contribution in [1.29, 1.82) is 0 Å². The third-order valence-electron chi connectivity index (χ3n) is 1.62. The highest BCUT2D eigenvalue weighted by Crippen LogP contribution is 2.13. The predicted molar refractivity (Wildman–Crippen MR) is 53.2 cm³/mol. The molecule has 0 heterocycles. The van der Waals surface area contributed by atoms with E-state index in [1.165, 1.54) is 5.56 Å². The molecule has 0 bridgehead atoms. The lowest BCUT2D eigenvalue weighted by molar-refractivity contribution is 0.119. The summed E-state index contributed by atoms with van der Waals surface area (Å²) in [7, 11) is 1.72. The van der Waals surface area contributed by atoms with Gasteiger partial charge in [-0.1, -0.05) is 44.2 Å². The van der Waals surface area contributed by atoms with Gasteiger partial charge < -0.3 is 4.74 Å². The second kappa shape index (κ2) is 6.86. The van der Waals surface area contributed by atoms with E-state index in [0.717, 1.165) is 0 Å². The van der Waals surface area contributed by atoms with Crippen molar-refractivity contribution < 1.29 is 4.74 Å². The molecular formula is C11H18O. The third-order valence-corrected chi connectivity index (χ3v) is 1.62. The second-order valence-corrected chi connectivity index (χ2v) is 2.29. The number of ether oxygens (including phenoxy) is 1. The molecule has 0 radical (unpaired) electrons. The lowest BCUT2D eigenvalue weighted by atomic mass is 10.1. The van der Waals surface area contributed by atoms with E-state index in [1.54, 1.807) is 7.11 Å². The van der Waals surface area contributed by atoms with Crippen LogP contribution in [-0.2, 0) is 4.74 Å². The molecular weight excluding hydrogens is 148 g/mol. The molecule has 0 saturated heterocycles. The molecule has 12 heavy (non-hydrogen) atoms. The van der Waals surface area contributed by atoms with E-state index in [-0.39, 0.29) is 6.10 Å². The van der Waals surface area contributed by atoms with Crippen molar-refractivity contribution >= 4 is 0 Å². The fourth-order valence-corrected chi connectivity index (χ4v) is 0.860. The van der Waals surface area contributed by atoms with Crippen molar-refractivity contribution in [3.8, 4) is 0 Å².